The van der Waals surface area contributed by atoms with E-state index < -0.39 is 30.5 Å². The second-order valence-corrected chi connectivity index (χ2v) is 11.0. The van der Waals surface area contributed by atoms with Crippen LogP contribution in [-0.4, -0.2) is 85.6 Å². The molecule has 2 fully saturated rings. The minimum atomic E-state index is -1.36. The third-order valence-corrected chi connectivity index (χ3v) is 7.93. The summed E-state index contributed by atoms with van der Waals surface area (Å²) in [5.74, 6) is -0.148. The van der Waals surface area contributed by atoms with E-state index in [1.54, 1.807) is 13.1 Å². The third kappa shape index (κ3) is 6.66. The van der Waals surface area contributed by atoms with Gasteiger partial charge < -0.3 is 30.4 Å². The van der Waals surface area contributed by atoms with Crippen molar-refractivity contribution in [2.45, 2.75) is 68.9 Å². The van der Waals surface area contributed by atoms with E-state index in [0.717, 1.165) is 24.0 Å². The number of nitrogens with zero attached hydrogens (tertiary/aromatic N) is 4. The number of rotatable bonds is 12. The number of hydrogen-bond donors (Lipinski definition) is 5. The molecule has 13 nitrogen and oxygen atoms in total. The molecule has 2 aliphatic rings. The highest BCUT2D eigenvalue weighted by molar-refractivity contribution is 5.81. The molecule has 13 heteroatoms. The van der Waals surface area contributed by atoms with Crippen molar-refractivity contribution in [2.24, 2.45) is 0 Å². The van der Waals surface area contributed by atoms with Gasteiger partial charge in [-0.3, -0.25) is 9.63 Å². The molecule has 44 heavy (non-hydrogen) atoms. The van der Waals surface area contributed by atoms with Crippen molar-refractivity contribution in [1.82, 2.24) is 30.5 Å². The number of amides is 1. The summed E-state index contributed by atoms with van der Waals surface area (Å²) in [5, 5.41) is 27.0. The summed E-state index contributed by atoms with van der Waals surface area (Å²) in [6.07, 6.45) is -0.0495. The summed E-state index contributed by atoms with van der Waals surface area (Å²) in [5.41, 5.74) is 6.02. The van der Waals surface area contributed by atoms with Crippen LogP contribution in [0.3, 0.4) is 0 Å². The number of nitrogens with one attached hydrogen (secondary N) is 3. The van der Waals surface area contributed by atoms with E-state index in [4.69, 9.17) is 14.4 Å². The molecule has 2 aromatic heterocycles. The number of aromatic nitrogens is 4. The highest BCUT2D eigenvalue weighted by atomic mass is 16.8. The van der Waals surface area contributed by atoms with Gasteiger partial charge in [-0.15, -0.1) is 0 Å². The van der Waals surface area contributed by atoms with Gasteiger partial charge in [0.25, 0.3) is 5.91 Å². The Bertz CT molecular complexity index is 1480. The first-order valence-electron chi connectivity index (χ1n) is 14.9. The molecule has 4 aromatic rings. The van der Waals surface area contributed by atoms with Crippen LogP contribution in [0.5, 0.6) is 0 Å². The molecule has 1 saturated carbocycles. The second-order valence-electron chi connectivity index (χ2n) is 11.0. The number of fused-ring (bicyclic) bond motifs is 1. The average molecular weight is 604 g/mol. The van der Waals surface area contributed by atoms with Crippen LogP contribution < -0.4 is 21.0 Å². The molecule has 3 heterocycles. The fraction of sp³-hybridized carbons (Fsp3) is 0.419. The number of benzene rings is 2. The van der Waals surface area contributed by atoms with Gasteiger partial charge in [-0.2, -0.15) is 15.2 Å². The Hall–Kier alpha value is -4.14. The maximum Gasteiger partial charge on any atom is 0.252 e. The van der Waals surface area contributed by atoms with E-state index in [1.165, 1.54) is 11.1 Å². The Morgan fingerprint density at radius 2 is 1.80 bits per heavy atom. The van der Waals surface area contributed by atoms with Gasteiger partial charge in [0, 0.05) is 25.0 Å². The Morgan fingerprint density at radius 3 is 2.45 bits per heavy atom. The minimum Gasteiger partial charge on any atom is -0.399 e. The molecule has 0 radical (unpaired) electrons. The number of aliphatic hydroxyl groups is 2. The Morgan fingerprint density at radius 1 is 1.07 bits per heavy atom. The highest BCUT2D eigenvalue weighted by Gasteiger charge is 2.50. The zero-order valence-electron chi connectivity index (χ0n) is 24.3. The summed E-state index contributed by atoms with van der Waals surface area (Å²) in [6, 6.07) is 20.1. The second kappa shape index (κ2) is 13.7. The van der Waals surface area contributed by atoms with Gasteiger partial charge in [0.05, 0.1) is 12.3 Å². The molecule has 0 spiro atoms. The number of hydroxylamine groups is 1. The number of hydrogen-bond acceptors (Lipinski definition) is 11. The summed E-state index contributed by atoms with van der Waals surface area (Å²) in [4.78, 5) is 38.1. The number of carbonyl (C=O) groups is 1. The van der Waals surface area contributed by atoms with Gasteiger partial charge in [0.1, 0.15) is 17.9 Å². The molecule has 6 atom stereocenters. The van der Waals surface area contributed by atoms with Gasteiger partial charge in [0.15, 0.2) is 6.10 Å². The maximum atomic E-state index is 12.8. The molecule has 0 bridgehead atoms. The summed E-state index contributed by atoms with van der Waals surface area (Å²) >= 11 is 0. The number of anilines is 1. The lowest BCUT2D eigenvalue weighted by atomic mass is 9.91. The lowest BCUT2D eigenvalue weighted by Gasteiger charge is -2.23. The SMILES string of the molecule is CCNC(=O)[C@H]1O[C@@H](ONCC(c2ccccc2)c2ccccc2)[C@H](On2cnc3cnc(NC4CCC(O)C4)nc32)[C@@H]1O. The number of likely N-dealkylation sites (N-methyl/N-ethyl adjacent to an activating group) is 1. The minimum absolute atomic E-state index is 0.0384. The van der Waals surface area contributed by atoms with E-state index >= 15 is 0 Å². The van der Waals surface area contributed by atoms with Crippen LogP contribution in [0.2, 0.25) is 0 Å². The van der Waals surface area contributed by atoms with Crippen molar-refractivity contribution >= 4 is 23.0 Å². The zero-order valence-corrected chi connectivity index (χ0v) is 24.3. The van der Waals surface area contributed by atoms with Crippen molar-refractivity contribution < 1.29 is 29.4 Å². The molecule has 1 saturated heterocycles. The summed E-state index contributed by atoms with van der Waals surface area (Å²) < 4.78 is 7.22. The molecule has 2 aromatic carbocycles. The fourth-order valence-electron chi connectivity index (χ4n) is 5.68. The van der Waals surface area contributed by atoms with Crippen LogP contribution in [0, 0.1) is 0 Å². The maximum absolute atomic E-state index is 12.8. The zero-order chi connectivity index (χ0) is 30.5. The van der Waals surface area contributed by atoms with E-state index in [2.05, 4.69) is 55.3 Å². The number of aliphatic hydroxyl groups excluding tert-OH is 2. The lowest BCUT2D eigenvalue weighted by Crippen LogP contribution is -2.46. The predicted octanol–water partition coefficient (Wildman–Crippen LogP) is 1.52. The van der Waals surface area contributed by atoms with Gasteiger partial charge >= 0.3 is 0 Å². The van der Waals surface area contributed by atoms with Gasteiger partial charge in [-0.05, 0) is 37.3 Å². The van der Waals surface area contributed by atoms with Crippen LogP contribution in [0.1, 0.15) is 43.2 Å². The molecule has 1 amide bonds. The van der Waals surface area contributed by atoms with E-state index in [1.807, 2.05) is 36.4 Å². The normalized spacial score (nSPS) is 25.0. The smallest absolute Gasteiger partial charge is 0.252 e. The molecule has 2 unspecified atom stereocenters. The van der Waals surface area contributed by atoms with Crippen molar-refractivity contribution in [3.8, 4) is 0 Å². The lowest BCUT2D eigenvalue weighted by molar-refractivity contribution is -0.208. The van der Waals surface area contributed by atoms with Gasteiger partial charge in [-0.1, -0.05) is 60.7 Å². The first-order valence-corrected chi connectivity index (χ1v) is 14.9. The first kappa shape index (κ1) is 29.9. The molecular weight excluding hydrogens is 566 g/mol. The molecule has 6 rings (SSSR count). The van der Waals surface area contributed by atoms with Crippen LogP contribution in [0.25, 0.3) is 11.2 Å². The topological polar surface area (TPSA) is 165 Å². The van der Waals surface area contributed by atoms with Crippen LogP contribution in [0.15, 0.2) is 73.2 Å². The van der Waals surface area contributed by atoms with E-state index in [0.29, 0.717) is 36.6 Å². The van der Waals surface area contributed by atoms with Crippen LogP contribution in [-0.2, 0) is 14.4 Å². The van der Waals surface area contributed by atoms with Crippen molar-refractivity contribution in [1.29, 1.82) is 0 Å². The number of imidazole rings is 1. The molecule has 1 aliphatic heterocycles. The third-order valence-electron chi connectivity index (χ3n) is 7.93. The molecule has 5 N–H and O–H groups in total. The largest absolute Gasteiger partial charge is 0.399 e. The van der Waals surface area contributed by atoms with E-state index in [-0.39, 0.29) is 18.1 Å². The fourth-order valence-corrected chi connectivity index (χ4v) is 5.68. The summed E-state index contributed by atoms with van der Waals surface area (Å²) in [6.45, 7) is 2.54. The Balaban J connectivity index is 1.20. The van der Waals surface area contributed by atoms with E-state index in [9.17, 15) is 15.0 Å². The molecule has 1 aliphatic carbocycles. The van der Waals surface area contributed by atoms with Crippen molar-refractivity contribution in [2.75, 3.05) is 18.4 Å². The average Bonchev–Trinajstić information content (AvgIpc) is 3.73. The molecule has 232 valence electrons. The Kier molecular flexibility index (Phi) is 9.28. The van der Waals surface area contributed by atoms with Gasteiger partial charge in [-0.25, -0.2) is 9.97 Å². The first-order chi connectivity index (χ1) is 21.5. The number of ether oxygens (including phenoxy) is 1. The highest BCUT2D eigenvalue weighted by Crippen LogP contribution is 2.27. The van der Waals surface area contributed by atoms with Crippen molar-refractivity contribution in [3.05, 3.63) is 84.3 Å². The molecular formula is C31H37N7O6. The monoisotopic (exact) mass is 603 g/mol. The van der Waals surface area contributed by atoms with Gasteiger partial charge in [0.2, 0.25) is 24.0 Å². The van der Waals surface area contributed by atoms with Crippen LogP contribution >= 0.6 is 0 Å². The van der Waals surface area contributed by atoms with Crippen LogP contribution in [0.4, 0.5) is 5.95 Å². The predicted molar refractivity (Wildman–Crippen MR) is 160 cm³/mol. The quantitative estimate of drug-likeness (QED) is 0.149. The van der Waals surface area contributed by atoms with Crippen molar-refractivity contribution in [3.63, 3.8) is 0 Å². The number of carbonyl (C=O) groups excluding carboxylic acids is 1. The standard InChI is InChI=1S/C31H37N7O6/c1-2-32-29(41)26-25(40)27(44-38-18-34-24-17-33-31(37-28(24)38)36-21-13-14-22(39)15-21)30(42-26)43-35-16-23(19-9-5-3-6-10-19)20-11-7-4-8-12-20/h3-12,17-18,21-23,25-27,30,35,39-40H,2,13-16H2,1H3,(H,32,41)(H,33,36,37)/t21?,22?,25-,26+,27-,30+/m1/s1. The Labute approximate surface area is 254 Å². The summed E-state index contributed by atoms with van der Waals surface area (Å²) in [7, 11) is 0.